The summed E-state index contributed by atoms with van der Waals surface area (Å²) in [6.07, 6.45) is 4.55. The van der Waals surface area contributed by atoms with Crippen molar-refractivity contribution >= 4 is 17.5 Å². The molecule has 5 nitrogen and oxygen atoms in total. The highest BCUT2D eigenvalue weighted by atomic mass is 35.5. The van der Waals surface area contributed by atoms with Gasteiger partial charge in [-0.15, -0.1) is 0 Å². The third kappa shape index (κ3) is 5.60. The number of amides is 1. The lowest BCUT2D eigenvalue weighted by Gasteiger charge is -2.05. The van der Waals surface area contributed by atoms with Crippen LogP contribution >= 0.6 is 11.6 Å². The second kappa shape index (κ2) is 7.97. The van der Waals surface area contributed by atoms with Crippen LogP contribution in [0.25, 0.3) is 0 Å². The molecule has 17 heavy (non-hydrogen) atoms. The maximum Gasteiger partial charge on any atom is 0.271 e. The molecule has 1 heterocycles. The average molecular weight is 258 g/mol. The SMILES string of the molecule is CCCOCCCNC(=O)c1cncc(Cl)n1. The highest BCUT2D eigenvalue weighted by molar-refractivity contribution is 6.29. The smallest absolute Gasteiger partial charge is 0.271 e. The first kappa shape index (κ1) is 13.9. The summed E-state index contributed by atoms with van der Waals surface area (Å²) in [6.45, 7) is 4.01. The summed E-state index contributed by atoms with van der Waals surface area (Å²) in [5.41, 5.74) is 0.229. The Bertz CT molecular complexity index is 360. The summed E-state index contributed by atoms with van der Waals surface area (Å²) in [5, 5.41) is 2.93. The van der Waals surface area contributed by atoms with Gasteiger partial charge in [-0.2, -0.15) is 0 Å². The Labute approximate surface area is 106 Å². The zero-order valence-corrected chi connectivity index (χ0v) is 10.5. The number of hydrogen-bond donors (Lipinski definition) is 1. The highest BCUT2D eigenvalue weighted by Gasteiger charge is 2.06. The van der Waals surface area contributed by atoms with Gasteiger partial charge >= 0.3 is 0 Å². The zero-order valence-electron chi connectivity index (χ0n) is 9.78. The Morgan fingerprint density at radius 3 is 3.00 bits per heavy atom. The predicted octanol–water partition coefficient (Wildman–Crippen LogP) is 1.68. The van der Waals surface area contributed by atoms with E-state index >= 15 is 0 Å². The van der Waals surface area contributed by atoms with E-state index < -0.39 is 0 Å². The number of aromatic nitrogens is 2. The summed E-state index contributed by atoms with van der Waals surface area (Å²) < 4.78 is 5.29. The van der Waals surface area contributed by atoms with E-state index in [-0.39, 0.29) is 16.8 Å². The number of nitrogens with zero attached hydrogens (tertiary/aromatic N) is 2. The van der Waals surface area contributed by atoms with Crippen LogP contribution in [0.4, 0.5) is 0 Å². The summed E-state index contributed by atoms with van der Waals surface area (Å²) in [7, 11) is 0. The van der Waals surface area contributed by atoms with Gasteiger partial charge in [-0.1, -0.05) is 18.5 Å². The molecule has 0 aliphatic carbocycles. The minimum absolute atomic E-state index is 0.212. The third-order valence-electron chi connectivity index (χ3n) is 1.94. The van der Waals surface area contributed by atoms with E-state index in [1.165, 1.54) is 12.4 Å². The Morgan fingerprint density at radius 2 is 2.29 bits per heavy atom. The number of carbonyl (C=O) groups excluding carboxylic acids is 1. The van der Waals surface area contributed by atoms with Crippen molar-refractivity contribution in [2.75, 3.05) is 19.8 Å². The molecule has 0 atom stereocenters. The van der Waals surface area contributed by atoms with Crippen LogP contribution in [0.5, 0.6) is 0 Å². The van der Waals surface area contributed by atoms with E-state index in [1.54, 1.807) is 0 Å². The third-order valence-corrected chi connectivity index (χ3v) is 2.12. The van der Waals surface area contributed by atoms with Crippen LogP contribution in [-0.2, 0) is 4.74 Å². The monoisotopic (exact) mass is 257 g/mol. The lowest BCUT2D eigenvalue weighted by Crippen LogP contribution is -2.26. The van der Waals surface area contributed by atoms with Crippen molar-refractivity contribution in [1.82, 2.24) is 15.3 Å². The van der Waals surface area contributed by atoms with Gasteiger partial charge in [-0.3, -0.25) is 9.78 Å². The molecule has 94 valence electrons. The summed E-state index contributed by atoms with van der Waals surface area (Å²) in [5.74, 6) is -0.268. The molecule has 0 aliphatic rings. The number of nitrogens with one attached hydrogen (secondary N) is 1. The van der Waals surface area contributed by atoms with Crippen LogP contribution < -0.4 is 5.32 Å². The molecule has 0 saturated heterocycles. The summed E-state index contributed by atoms with van der Waals surface area (Å²) in [4.78, 5) is 19.2. The van der Waals surface area contributed by atoms with Gasteiger partial charge in [-0.25, -0.2) is 4.98 Å². The normalized spacial score (nSPS) is 10.2. The lowest BCUT2D eigenvalue weighted by molar-refractivity contribution is 0.0936. The number of carbonyl (C=O) groups is 1. The van der Waals surface area contributed by atoms with Gasteiger partial charge in [0.2, 0.25) is 0 Å². The molecular weight excluding hydrogens is 242 g/mol. The fourth-order valence-corrected chi connectivity index (χ4v) is 1.31. The van der Waals surface area contributed by atoms with Crippen molar-refractivity contribution in [1.29, 1.82) is 0 Å². The van der Waals surface area contributed by atoms with Crippen molar-refractivity contribution in [2.24, 2.45) is 0 Å². The van der Waals surface area contributed by atoms with Crippen molar-refractivity contribution in [3.05, 3.63) is 23.2 Å². The second-order valence-electron chi connectivity index (χ2n) is 3.45. The molecule has 6 heteroatoms. The van der Waals surface area contributed by atoms with Crippen LogP contribution in [0.15, 0.2) is 12.4 Å². The second-order valence-corrected chi connectivity index (χ2v) is 3.84. The molecule has 0 spiro atoms. The maximum atomic E-state index is 11.6. The number of ether oxygens (including phenoxy) is 1. The first-order chi connectivity index (χ1) is 8.24. The van der Waals surface area contributed by atoms with Gasteiger partial charge in [0.15, 0.2) is 0 Å². The minimum Gasteiger partial charge on any atom is -0.381 e. The van der Waals surface area contributed by atoms with E-state index in [2.05, 4.69) is 22.2 Å². The van der Waals surface area contributed by atoms with Crippen molar-refractivity contribution in [3.8, 4) is 0 Å². The minimum atomic E-state index is -0.268. The fraction of sp³-hybridized carbons (Fsp3) is 0.545. The Kier molecular flexibility index (Phi) is 6.50. The Morgan fingerprint density at radius 1 is 1.47 bits per heavy atom. The molecule has 0 aromatic carbocycles. The largest absolute Gasteiger partial charge is 0.381 e. The topological polar surface area (TPSA) is 64.1 Å². The fourth-order valence-electron chi connectivity index (χ4n) is 1.16. The predicted molar refractivity (Wildman–Crippen MR) is 65.1 cm³/mol. The van der Waals surface area contributed by atoms with E-state index in [1.807, 2.05) is 0 Å². The molecule has 0 radical (unpaired) electrons. The molecule has 1 aromatic rings. The average Bonchev–Trinajstić information content (AvgIpc) is 2.33. The van der Waals surface area contributed by atoms with Crippen LogP contribution in [0.1, 0.15) is 30.3 Å². The molecule has 1 rings (SSSR count). The zero-order chi connectivity index (χ0) is 12.5. The first-order valence-corrected chi connectivity index (χ1v) is 5.95. The molecule has 1 aromatic heterocycles. The molecular formula is C11H16ClN3O2. The lowest BCUT2D eigenvalue weighted by atomic mass is 10.4. The summed E-state index contributed by atoms with van der Waals surface area (Å²) in [6, 6.07) is 0. The number of halogens is 1. The quantitative estimate of drug-likeness (QED) is 0.755. The Hall–Kier alpha value is -1.20. The van der Waals surface area contributed by atoms with Crippen LogP contribution in [0.3, 0.4) is 0 Å². The molecule has 1 N–H and O–H groups in total. The van der Waals surface area contributed by atoms with E-state index in [4.69, 9.17) is 16.3 Å². The van der Waals surface area contributed by atoms with Crippen LogP contribution in [0.2, 0.25) is 5.15 Å². The van der Waals surface area contributed by atoms with Crippen molar-refractivity contribution in [3.63, 3.8) is 0 Å². The maximum absolute atomic E-state index is 11.6. The number of rotatable bonds is 7. The van der Waals surface area contributed by atoms with Gasteiger partial charge in [-0.05, 0) is 12.8 Å². The van der Waals surface area contributed by atoms with Gasteiger partial charge in [0, 0.05) is 19.8 Å². The van der Waals surface area contributed by atoms with E-state index in [9.17, 15) is 4.79 Å². The Balaban J connectivity index is 2.21. The molecule has 0 saturated carbocycles. The first-order valence-electron chi connectivity index (χ1n) is 5.57. The van der Waals surface area contributed by atoms with Gasteiger partial charge in [0.25, 0.3) is 5.91 Å². The molecule has 0 fully saturated rings. The van der Waals surface area contributed by atoms with Gasteiger partial charge < -0.3 is 10.1 Å². The van der Waals surface area contributed by atoms with Crippen LogP contribution in [-0.4, -0.2) is 35.6 Å². The van der Waals surface area contributed by atoms with Gasteiger partial charge in [0.05, 0.1) is 12.4 Å². The van der Waals surface area contributed by atoms with E-state index in [0.29, 0.717) is 13.2 Å². The molecule has 0 bridgehead atoms. The highest BCUT2D eigenvalue weighted by Crippen LogP contribution is 2.01. The standard InChI is InChI=1S/C11H16ClN3O2/c1-2-5-17-6-3-4-14-11(16)9-7-13-8-10(12)15-9/h7-8H,2-6H2,1H3,(H,14,16). The molecule has 0 unspecified atom stereocenters. The molecule has 0 aliphatic heterocycles. The van der Waals surface area contributed by atoms with Crippen molar-refractivity contribution in [2.45, 2.75) is 19.8 Å². The van der Waals surface area contributed by atoms with E-state index in [0.717, 1.165) is 19.4 Å². The molecule has 1 amide bonds. The van der Waals surface area contributed by atoms with Gasteiger partial charge in [0.1, 0.15) is 10.8 Å². The van der Waals surface area contributed by atoms with Crippen molar-refractivity contribution < 1.29 is 9.53 Å². The van der Waals surface area contributed by atoms with Crippen LogP contribution in [0, 0.1) is 0 Å². The number of hydrogen-bond acceptors (Lipinski definition) is 4. The summed E-state index contributed by atoms with van der Waals surface area (Å²) >= 11 is 5.63.